The van der Waals surface area contributed by atoms with Gasteiger partial charge in [0.25, 0.3) is 0 Å². The van der Waals surface area contributed by atoms with Gasteiger partial charge in [-0.1, -0.05) is 133 Å². The number of hydrogen-bond donors (Lipinski definition) is 0. The Hall–Kier alpha value is -6.78. The first kappa shape index (κ1) is 27.2. The molecule has 0 amide bonds. The summed E-state index contributed by atoms with van der Waals surface area (Å²) in [5.74, 6) is 0.665. The molecule has 4 heteroatoms. The van der Waals surface area contributed by atoms with Gasteiger partial charge in [0.05, 0.1) is 33.3 Å². The Morgan fingerprint density at radius 2 is 1.02 bits per heavy atom. The van der Waals surface area contributed by atoms with E-state index in [0.717, 1.165) is 38.9 Å². The van der Waals surface area contributed by atoms with Crippen LogP contribution in [-0.2, 0) is 0 Å². The van der Waals surface area contributed by atoms with Crippen molar-refractivity contribution in [2.75, 3.05) is 0 Å². The second-order valence-electron chi connectivity index (χ2n) is 13.0. The third-order valence-corrected chi connectivity index (χ3v) is 10.3. The van der Waals surface area contributed by atoms with Gasteiger partial charge in [0.1, 0.15) is 0 Å². The van der Waals surface area contributed by atoms with Gasteiger partial charge in [0.15, 0.2) is 0 Å². The van der Waals surface area contributed by atoms with Crippen LogP contribution in [0.5, 0.6) is 0 Å². The first-order valence-corrected chi connectivity index (χ1v) is 17.0. The number of nitrogens with zero attached hydrogens (tertiary/aromatic N) is 4. The predicted molar refractivity (Wildman–Crippen MR) is 209 cm³/mol. The fourth-order valence-electron chi connectivity index (χ4n) is 8.11. The first-order valence-electron chi connectivity index (χ1n) is 17.0. The highest BCUT2D eigenvalue weighted by Gasteiger charge is 2.20. The SMILES string of the molecule is c1ccc(-c2nc(-n3c4ccccc4c4c5cc(-n6c7ccccc7c7ccc8ccccc8c76)ccc5ccc43)nc3ccccc23)cc1. The first-order chi connectivity index (χ1) is 24.8. The van der Waals surface area contributed by atoms with E-state index >= 15 is 0 Å². The highest BCUT2D eigenvalue weighted by molar-refractivity contribution is 6.22. The van der Waals surface area contributed by atoms with E-state index in [-0.39, 0.29) is 0 Å². The van der Waals surface area contributed by atoms with E-state index < -0.39 is 0 Å². The third-order valence-electron chi connectivity index (χ3n) is 10.3. The summed E-state index contributed by atoms with van der Waals surface area (Å²) >= 11 is 0. The molecule has 50 heavy (non-hydrogen) atoms. The smallest absolute Gasteiger partial charge is 0.235 e. The maximum Gasteiger partial charge on any atom is 0.235 e. The molecule has 0 saturated heterocycles. The molecule has 0 atom stereocenters. The summed E-state index contributed by atoms with van der Waals surface area (Å²) in [7, 11) is 0. The normalized spacial score (nSPS) is 12.0. The summed E-state index contributed by atoms with van der Waals surface area (Å²) < 4.78 is 4.69. The summed E-state index contributed by atoms with van der Waals surface area (Å²) in [6, 6.07) is 60.7. The van der Waals surface area contributed by atoms with Crippen LogP contribution in [0, 0.1) is 0 Å². The van der Waals surface area contributed by atoms with Crippen molar-refractivity contribution < 1.29 is 0 Å². The predicted octanol–water partition coefficient (Wildman–Crippen LogP) is 11.8. The molecule has 11 rings (SSSR count). The van der Waals surface area contributed by atoms with Crippen molar-refractivity contribution in [3.8, 4) is 22.9 Å². The molecular weight excluding hydrogens is 609 g/mol. The van der Waals surface area contributed by atoms with E-state index in [4.69, 9.17) is 9.97 Å². The molecule has 3 aromatic heterocycles. The van der Waals surface area contributed by atoms with Crippen LogP contribution in [-0.4, -0.2) is 19.1 Å². The Labute approximate surface area is 287 Å². The van der Waals surface area contributed by atoms with Crippen LogP contribution in [0.25, 0.3) is 99.0 Å². The van der Waals surface area contributed by atoms with Crippen molar-refractivity contribution >= 4 is 76.1 Å². The van der Waals surface area contributed by atoms with E-state index in [1.807, 2.05) is 12.1 Å². The van der Waals surface area contributed by atoms with Crippen LogP contribution in [0.2, 0.25) is 0 Å². The van der Waals surface area contributed by atoms with Gasteiger partial charge in [-0.15, -0.1) is 0 Å². The fraction of sp³-hybridized carbons (Fsp3) is 0. The summed E-state index contributed by atoms with van der Waals surface area (Å²) in [5, 5.41) is 10.8. The van der Waals surface area contributed by atoms with Gasteiger partial charge >= 0.3 is 0 Å². The van der Waals surface area contributed by atoms with Crippen LogP contribution in [0.4, 0.5) is 0 Å². The van der Waals surface area contributed by atoms with E-state index in [1.165, 1.54) is 54.1 Å². The molecule has 4 nitrogen and oxygen atoms in total. The van der Waals surface area contributed by atoms with Crippen molar-refractivity contribution in [3.05, 3.63) is 170 Å². The van der Waals surface area contributed by atoms with Crippen molar-refractivity contribution in [2.45, 2.75) is 0 Å². The molecule has 0 radical (unpaired) electrons. The maximum atomic E-state index is 5.30. The highest BCUT2D eigenvalue weighted by atomic mass is 15.2. The largest absolute Gasteiger partial charge is 0.309 e. The lowest BCUT2D eigenvalue weighted by Crippen LogP contribution is -2.03. The molecule has 0 unspecified atom stereocenters. The van der Waals surface area contributed by atoms with Gasteiger partial charge in [-0.2, -0.15) is 0 Å². The number of aromatic nitrogens is 4. The molecular formula is C46H28N4. The molecule has 0 fully saturated rings. The van der Waals surface area contributed by atoms with Crippen LogP contribution in [0.3, 0.4) is 0 Å². The van der Waals surface area contributed by atoms with E-state index in [1.54, 1.807) is 0 Å². The van der Waals surface area contributed by atoms with Crippen molar-refractivity contribution in [2.24, 2.45) is 0 Å². The molecule has 11 aromatic rings. The van der Waals surface area contributed by atoms with Crippen LogP contribution in [0.1, 0.15) is 0 Å². The number of para-hydroxylation sites is 3. The van der Waals surface area contributed by atoms with E-state index in [2.05, 4.69) is 167 Å². The molecule has 0 aliphatic rings. The Morgan fingerprint density at radius 1 is 0.380 bits per heavy atom. The Morgan fingerprint density at radius 3 is 1.88 bits per heavy atom. The Kier molecular flexibility index (Phi) is 5.63. The zero-order valence-electron chi connectivity index (χ0n) is 27.0. The lowest BCUT2D eigenvalue weighted by molar-refractivity contribution is 1.01. The number of rotatable bonds is 3. The Balaban J connectivity index is 1.23. The summed E-state index contributed by atoms with van der Waals surface area (Å²) in [6.45, 7) is 0. The summed E-state index contributed by atoms with van der Waals surface area (Å²) in [6.07, 6.45) is 0. The van der Waals surface area contributed by atoms with Gasteiger partial charge in [-0.25, -0.2) is 9.97 Å². The zero-order valence-corrected chi connectivity index (χ0v) is 27.0. The molecule has 0 aliphatic carbocycles. The fourth-order valence-corrected chi connectivity index (χ4v) is 8.11. The molecule has 232 valence electrons. The zero-order chi connectivity index (χ0) is 32.8. The number of benzene rings is 8. The number of hydrogen-bond acceptors (Lipinski definition) is 2. The molecule has 3 heterocycles. The summed E-state index contributed by atoms with van der Waals surface area (Å²) in [5.41, 5.74) is 8.65. The van der Waals surface area contributed by atoms with Crippen LogP contribution >= 0.6 is 0 Å². The van der Waals surface area contributed by atoms with Gasteiger partial charge in [-0.05, 0) is 52.6 Å². The average Bonchev–Trinajstić information content (AvgIpc) is 3.71. The van der Waals surface area contributed by atoms with E-state index in [0.29, 0.717) is 5.95 Å². The van der Waals surface area contributed by atoms with Gasteiger partial charge in [-0.3, -0.25) is 4.57 Å². The second kappa shape index (κ2) is 10.4. The van der Waals surface area contributed by atoms with Crippen molar-refractivity contribution in [3.63, 3.8) is 0 Å². The quantitative estimate of drug-likeness (QED) is 0.193. The minimum Gasteiger partial charge on any atom is -0.309 e. The molecule has 0 aliphatic heterocycles. The minimum atomic E-state index is 0.665. The summed E-state index contributed by atoms with van der Waals surface area (Å²) in [4.78, 5) is 10.5. The Bertz CT molecular complexity index is 3150. The number of fused-ring (bicyclic) bond motifs is 11. The van der Waals surface area contributed by atoms with Crippen LogP contribution in [0.15, 0.2) is 170 Å². The topological polar surface area (TPSA) is 35.6 Å². The second-order valence-corrected chi connectivity index (χ2v) is 13.0. The van der Waals surface area contributed by atoms with Crippen molar-refractivity contribution in [1.82, 2.24) is 19.1 Å². The molecule has 0 spiro atoms. The van der Waals surface area contributed by atoms with E-state index in [9.17, 15) is 0 Å². The molecule has 8 aromatic carbocycles. The molecule has 0 N–H and O–H groups in total. The average molecular weight is 637 g/mol. The van der Waals surface area contributed by atoms with Gasteiger partial charge in [0.2, 0.25) is 5.95 Å². The third kappa shape index (κ3) is 3.81. The highest BCUT2D eigenvalue weighted by Crippen LogP contribution is 2.41. The van der Waals surface area contributed by atoms with Gasteiger partial charge in [0, 0.05) is 43.6 Å². The molecule has 0 bridgehead atoms. The minimum absolute atomic E-state index is 0.665. The lowest BCUT2D eigenvalue weighted by Gasteiger charge is -2.13. The van der Waals surface area contributed by atoms with Crippen LogP contribution < -0.4 is 0 Å². The lowest BCUT2D eigenvalue weighted by atomic mass is 10.0. The standard InChI is InChI=1S/C46H28N4/c1-2-13-31(14-3-1)44-36-17-6-9-19-39(36)47-46(48-44)50-41-21-11-8-18-37(41)43-38-28-32(25-22-30(38)24-27-42(43)50)49-40-20-10-7-16-34(40)35-26-23-29-12-4-5-15-33(29)45(35)49/h1-28H. The maximum absolute atomic E-state index is 5.30. The van der Waals surface area contributed by atoms with Gasteiger partial charge < -0.3 is 4.57 Å². The monoisotopic (exact) mass is 636 g/mol. The van der Waals surface area contributed by atoms with Crippen molar-refractivity contribution in [1.29, 1.82) is 0 Å². The molecule has 0 saturated carbocycles.